The first-order chi connectivity index (χ1) is 9.05. The molecule has 2 aromatic rings. The van der Waals surface area contributed by atoms with Gasteiger partial charge in [-0.1, -0.05) is 11.3 Å². The van der Waals surface area contributed by atoms with Crippen LogP contribution in [0.25, 0.3) is 10.3 Å². The van der Waals surface area contributed by atoms with Crippen LogP contribution in [0, 0.1) is 0 Å². The summed E-state index contributed by atoms with van der Waals surface area (Å²) < 4.78 is 0. The Morgan fingerprint density at radius 3 is 3.11 bits per heavy atom. The number of aromatic nitrogens is 2. The summed E-state index contributed by atoms with van der Waals surface area (Å²) in [5, 5.41) is 3.93. The molecule has 1 fully saturated rings. The number of hydrogen-bond donors (Lipinski definition) is 1. The molecule has 0 aromatic carbocycles. The zero-order valence-corrected chi connectivity index (χ0v) is 11.8. The number of hydrogen-bond acceptors (Lipinski definition) is 5. The van der Waals surface area contributed by atoms with Gasteiger partial charge in [-0.15, -0.1) is 0 Å². The van der Waals surface area contributed by atoms with Crippen molar-refractivity contribution in [1.29, 1.82) is 0 Å². The van der Waals surface area contributed by atoms with E-state index in [1.807, 2.05) is 17.0 Å². The van der Waals surface area contributed by atoms with Crippen LogP contribution >= 0.6 is 11.3 Å². The highest BCUT2D eigenvalue weighted by molar-refractivity contribution is 7.19. The first-order valence-corrected chi connectivity index (χ1v) is 7.13. The lowest BCUT2D eigenvalue weighted by atomic mass is 10.0. The van der Waals surface area contributed by atoms with Crippen LogP contribution in [0.4, 0.5) is 0 Å². The second-order valence-corrected chi connectivity index (χ2v) is 6.36. The van der Waals surface area contributed by atoms with E-state index in [0.29, 0.717) is 11.6 Å². The van der Waals surface area contributed by atoms with E-state index in [2.05, 4.69) is 29.1 Å². The van der Waals surface area contributed by atoms with Gasteiger partial charge in [0.25, 0.3) is 5.91 Å². The van der Waals surface area contributed by atoms with Gasteiger partial charge < -0.3 is 10.2 Å². The molecule has 0 aliphatic carbocycles. The summed E-state index contributed by atoms with van der Waals surface area (Å²) in [4.78, 5) is 23.8. The number of nitrogens with zero attached hydrogens (tertiary/aromatic N) is 3. The molecule has 3 heterocycles. The van der Waals surface area contributed by atoms with Crippen LogP contribution in [0.5, 0.6) is 0 Å². The molecule has 19 heavy (non-hydrogen) atoms. The smallest absolute Gasteiger partial charge is 0.283 e. The van der Waals surface area contributed by atoms with Crippen LogP contribution in [-0.2, 0) is 0 Å². The summed E-state index contributed by atoms with van der Waals surface area (Å²) in [6.07, 6.45) is 1.72. The van der Waals surface area contributed by atoms with Crippen molar-refractivity contribution >= 4 is 27.6 Å². The number of pyridine rings is 1. The van der Waals surface area contributed by atoms with E-state index in [1.54, 1.807) is 6.20 Å². The zero-order valence-electron chi connectivity index (χ0n) is 11.0. The van der Waals surface area contributed by atoms with Gasteiger partial charge in [-0.05, 0) is 26.0 Å². The minimum absolute atomic E-state index is 0.0116. The normalized spacial score (nSPS) is 18.7. The number of amides is 1. The Balaban J connectivity index is 1.87. The van der Waals surface area contributed by atoms with E-state index < -0.39 is 0 Å². The lowest BCUT2D eigenvalue weighted by Crippen LogP contribution is -2.58. The van der Waals surface area contributed by atoms with E-state index in [0.717, 1.165) is 23.4 Å². The predicted molar refractivity (Wildman–Crippen MR) is 75.4 cm³/mol. The number of thiazole rings is 1. The molecule has 1 saturated heterocycles. The SMILES string of the molecule is CC1(C)CN(C(=O)c2nc3cccnc3s2)CCN1. The monoisotopic (exact) mass is 276 g/mol. The van der Waals surface area contributed by atoms with Crippen molar-refractivity contribution in [2.24, 2.45) is 0 Å². The third kappa shape index (κ3) is 2.46. The minimum atomic E-state index is -0.0388. The molecule has 0 spiro atoms. The molecule has 6 heteroatoms. The number of carbonyl (C=O) groups is 1. The lowest BCUT2D eigenvalue weighted by molar-refractivity contribution is 0.0652. The summed E-state index contributed by atoms with van der Waals surface area (Å²) in [6.45, 7) is 6.46. The van der Waals surface area contributed by atoms with Crippen molar-refractivity contribution in [1.82, 2.24) is 20.2 Å². The van der Waals surface area contributed by atoms with Gasteiger partial charge in [0.05, 0.1) is 0 Å². The average Bonchev–Trinajstić information content (AvgIpc) is 2.80. The van der Waals surface area contributed by atoms with Crippen molar-refractivity contribution in [2.75, 3.05) is 19.6 Å². The Labute approximate surface area is 115 Å². The Morgan fingerprint density at radius 2 is 2.37 bits per heavy atom. The molecule has 0 atom stereocenters. The van der Waals surface area contributed by atoms with Gasteiger partial charge in [-0.25, -0.2) is 9.97 Å². The van der Waals surface area contributed by atoms with Crippen LogP contribution in [0.2, 0.25) is 0 Å². The Hall–Kier alpha value is -1.53. The molecule has 0 radical (unpaired) electrons. The number of nitrogens with one attached hydrogen (secondary N) is 1. The molecule has 100 valence electrons. The number of fused-ring (bicyclic) bond motifs is 1. The van der Waals surface area contributed by atoms with Crippen LogP contribution in [0.15, 0.2) is 18.3 Å². The maximum absolute atomic E-state index is 12.5. The fraction of sp³-hybridized carbons (Fsp3) is 0.462. The highest BCUT2D eigenvalue weighted by atomic mass is 32.1. The molecule has 0 saturated carbocycles. The topological polar surface area (TPSA) is 58.1 Å². The third-order valence-electron chi connectivity index (χ3n) is 3.21. The second kappa shape index (κ2) is 4.54. The van der Waals surface area contributed by atoms with Gasteiger partial charge in [0.2, 0.25) is 0 Å². The van der Waals surface area contributed by atoms with Gasteiger partial charge in [-0.3, -0.25) is 4.79 Å². The Kier molecular flexibility index (Phi) is 2.99. The Morgan fingerprint density at radius 1 is 1.53 bits per heavy atom. The van der Waals surface area contributed by atoms with E-state index in [1.165, 1.54) is 11.3 Å². The fourth-order valence-electron chi connectivity index (χ4n) is 2.31. The Bertz CT molecular complexity index is 589. The van der Waals surface area contributed by atoms with Crippen LogP contribution in [0.1, 0.15) is 23.6 Å². The quantitative estimate of drug-likeness (QED) is 0.858. The highest BCUT2D eigenvalue weighted by Crippen LogP contribution is 2.22. The maximum atomic E-state index is 12.5. The van der Waals surface area contributed by atoms with E-state index in [4.69, 9.17) is 0 Å². The maximum Gasteiger partial charge on any atom is 0.283 e. The highest BCUT2D eigenvalue weighted by Gasteiger charge is 2.30. The van der Waals surface area contributed by atoms with Crippen molar-refractivity contribution in [3.05, 3.63) is 23.3 Å². The molecule has 1 aliphatic heterocycles. The molecule has 1 amide bonds. The molecule has 2 aromatic heterocycles. The van der Waals surface area contributed by atoms with Crippen LogP contribution in [-0.4, -0.2) is 45.9 Å². The first-order valence-electron chi connectivity index (χ1n) is 6.31. The minimum Gasteiger partial charge on any atom is -0.333 e. The summed E-state index contributed by atoms with van der Waals surface area (Å²) in [5.74, 6) is 0.0116. The summed E-state index contributed by atoms with van der Waals surface area (Å²) in [7, 11) is 0. The average molecular weight is 276 g/mol. The van der Waals surface area contributed by atoms with Crippen LogP contribution < -0.4 is 5.32 Å². The molecule has 1 aliphatic rings. The van der Waals surface area contributed by atoms with Crippen molar-refractivity contribution < 1.29 is 4.79 Å². The second-order valence-electron chi connectivity index (χ2n) is 5.38. The molecule has 1 N–H and O–H groups in total. The van der Waals surface area contributed by atoms with Crippen molar-refractivity contribution in [3.63, 3.8) is 0 Å². The number of piperazine rings is 1. The lowest BCUT2D eigenvalue weighted by Gasteiger charge is -2.38. The standard InChI is InChI=1S/C13H16N4OS/c1-13(2)8-17(7-6-15-13)12(18)11-16-9-4-3-5-14-10(9)19-11/h3-5,15H,6-8H2,1-2H3. The first kappa shape index (κ1) is 12.5. The molecular formula is C13H16N4OS. The molecular weight excluding hydrogens is 260 g/mol. The number of rotatable bonds is 1. The number of carbonyl (C=O) groups excluding carboxylic acids is 1. The zero-order chi connectivity index (χ0) is 13.5. The van der Waals surface area contributed by atoms with Gasteiger partial charge in [0, 0.05) is 31.4 Å². The third-order valence-corrected chi connectivity index (χ3v) is 4.18. The van der Waals surface area contributed by atoms with Gasteiger partial charge in [0.15, 0.2) is 5.01 Å². The molecule has 3 rings (SSSR count). The fourth-order valence-corrected chi connectivity index (χ4v) is 3.19. The van der Waals surface area contributed by atoms with Gasteiger partial charge >= 0.3 is 0 Å². The van der Waals surface area contributed by atoms with Crippen LogP contribution in [0.3, 0.4) is 0 Å². The predicted octanol–water partition coefficient (Wildman–Crippen LogP) is 1.52. The van der Waals surface area contributed by atoms with E-state index in [-0.39, 0.29) is 11.4 Å². The van der Waals surface area contributed by atoms with E-state index in [9.17, 15) is 4.79 Å². The summed E-state index contributed by atoms with van der Waals surface area (Å²) >= 11 is 1.37. The summed E-state index contributed by atoms with van der Waals surface area (Å²) in [5.41, 5.74) is 0.758. The van der Waals surface area contributed by atoms with Gasteiger partial charge in [-0.2, -0.15) is 0 Å². The summed E-state index contributed by atoms with van der Waals surface area (Å²) in [6, 6.07) is 3.72. The molecule has 0 unspecified atom stereocenters. The largest absolute Gasteiger partial charge is 0.333 e. The molecule has 5 nitrogen and oxygen atoms in total. The van der Waals surface area contributed by atoms with E-state index >= 15 is 0 Å². The molecule has 0 bridgehead atoms. The van der Waals surface area contributed by atoms with Gasteiger partial charge in [0.1, 0.15) is 10.3 Å². The van der Waals surface area contributed by atoms with Crippen molar-refractivity contribution in [3.8, 4) is 0 Å². The van der Waals surface area contributed by atoms with Crippen molar-refractivity contribution in [2.45, 2.75) is 19.4 Å².